The van der Waals surface area contributed by atoms with E-state index >= 15 is 0 Å². The number of amides is 1. The molecule has 3 rings (SSSR count). The Labute approximate surface area is 160 Å². The molecule has 0 aliphatic carbocycles. The summed E-state index contributed by atoms with van der Waals surface area (Å²) in [7, 11) is -3.50. The van der Waals surface area contributed by atoms with Gasteiger partial charge in [-0.05, 0) is 36.8 Å². The summed E-state index contributed by atoms with van der Waals surface area (Å²) in [4.78, 5) is 14.4. The highest BCUT2D eigenvalue weighted by molar-refractivity contribution is 7.89. The normalized spacial score (nSPS) is 15.5. The van der Waals surface area contributed by atoms with Gasteiger partial charge in [0, 0.05) is 26.2 Å². The van der Waals surface area contributed by atoms with Crippen molar-refractivity contribution in [2.75, 3.05) is 32.8 Å². The van der Waals surface area contributed by atoms with E-state index in [1.165, 1.54) is 4.31 Å². The van der Waals surface area contributed by atoms with Gasteiger partial charge in [-0.3, -0.25) is 4.79 Å². The van der Waals surface area contributed by atoms with Crippen molar-refractivity contribution in [3.05, 3.63) is 60.2 Å². The van der Waals surface area contributed by atoms with Crippen molar-refractivity contribution >= 4 is 15.9 Å². The van der Waals surface area contributed by atoms with Crippen molar-refractivity contribution < 1.29 is 17.9 Å². The molecule has 1 saturated heterocycles. The fourth-order valence-electron chi connectivity index (χ4n) is 3.04. The summed E-state index contributed by atoms with van der Waals surface area (Å²) in [6.45, 7) is 3.71. The van der Waals surface area contributed by atoms with E-state index in [4.69, 9.17) is 4.74 Å². The Morgan fingerprint density at radius 3 is 2.37 bits per heavy atom. The van der Waals surface area contributed by atoms with Gasteiger partial charge in [-0.25, -0.2) is 8.42 Å². The Kier molecular flexibility index (Phi) is 6.13. The number of sulfonamides is 1. The van der Waals surface area contributed by atoms with Crippen molar-refractivity contribution in [3.8, 4) is 5.75 Å². The zero-order valence-electron chi connectivity index (χ0n) is 15.4. The first-order chi connectivity index (χ1) is 13.0. The molecule has 0 unspecified atom stereocenters. The minimum absolute atomic E-state index is 0.0144. The summed E-state index contributed by atoms with van der Waals surface area (Å²) in [5, 5.41) is 0. The van der Waals surface area contributed by atoms with Crippen molar-refractivity contribution in [2.45, 2.75) is 18.2 Å². The molecule has 0 aromatic heterocycles. The number of hydrogen-bond donors (Lipinski definition) is 0. The molecule has 2 aromatic carbocycles. The zero-order chi connectivity index (χ0) is 19.3. The molecule has 1 aliphatic heterocycles. The average molecular weight is 388 g/mol. The number of nitrogens with zero attached hydrogens (tertiary/aromatic N) is 2. The maximum Gasteiger partial charge on any atom is 0.243 e. The lowest BCUT2D eigenvalue weighted by Crippen LogP contribution is -2.50. The zero-order valence-corrected chi connectivity index (χ0v) is 16.2. The highest BCUT2D eigenvalue weighted by Gasteiger charge is 2.29. The van der Waals surface area contributed by atoms with Gasteiger partial charge in [-0.15, -0.1) is 0 Å². The van der Waals surface area contributed by atoms with Crippen LogP contribution in [-0.4, -0.2) is 56.3 Å². The predicted molar refractivity (Wildman–Crippen MR) is 103 cm³/mol. The van der Waals surface area contributed by atoms with Crippen molar-refractivity contribution in [2.24, 2.45) is 0 Å². The standard InChI is InChI=1S/C20H24N2O4S/c1-17-6-5-7-18(16-17)26-15-10-20(23)21-11-13-22(14-12-21)27(24,25)19-8-3-2-4-9-19/h2-9,16H,10-15H2,1H3. The molecule has 2 aromatic rings. The van der Waals surface area contributed by atoms with E-state index in [0.29, 0.717) is 32.8 Å². The van der Waals surface area contributed by atoms with Crippen LogP contribution in [0.4, 0.5) is 0 Å². The van der Waals surface area contributed by atoms with Gasteiger partial charge < -0.3 is 9.64 Å². The van der Waals surface area contributed by atoms with E-state index in [2.05, 4.69) is 0 Å². The number of hydrogen-bond acceptors (Lipinski definition) is 4. The summed E-state index contributed by atoms with van der Waals surface area (Å²) in [6, 6.07) is 16.1. The number of carbonyl (C=O) groups excluding carboxylic acids is 1. The molecule has 1 aliphatic rings. The van der Waals surface area contributed by atoms with Crippen LogP contribution >= 0.6 is 0 Å². The first-order valence-corrected chi connectivity index (χ1v) is 10.4. The quantitative estimate of drug-likeness (QED) is 0.762. The highest BCUT2D eigenvalue weighted by atomic mass is 32.2. The molecule has 144 valence electrons. The summed E-state index contributed by atoms with van der Waals surface area (Å²) in [5.74, 6) is 0.737. The highest BCUT2D eigenvalue weighted by Crippen LogP contribution is 2.18. The van der Waals surface area contributed by atoms with Crippen LogP contribution in [0, 0.1) is 6.92 Å². The van der Waals surface area contributed by atoms with Gasteiger partial charge in [-0.1, -0.05) is 30.3 Å². The molecule has 6 nitrogen and oxygen atoms in total. The van der Waals surface area contributed by atoms with Crippen molar-refractivity contribution in [1.29, 1.82) is 0 Å². The van der Waals surface area contributed by atoms with Gasteiger partial charge in [0.15, 0.2) is 0 Å². The molecule has 0 N–H and O–H groups in total. The van der Waals surface area contributed by atoms with Gasteiger partial charge in [-0.2, -0.15) is 4.31 Å². The average Bonchev–Trinajstić information content (AvgIpc) is 2.69. The summed E-state index contributed by atoms with van der Waals surface area (Å²) >= 11 is 0. The Morgan fingerprint density at radius 2 is 1.70 bits per heavy atom. The Hall–Kier alpha value is -2.38. The van der Waals surface area contributed by atoms with Crippen LogP contribution in [0.15, 0.2) is 59.5 Å². The molecule has 0 saturated carbocycles. The van der Waals surface area contributed by atoms with Crippen LogP contribution < -0.4 is 4.74 Å². The van der Waals surface area contributed by atoms with Gasteiger partial charge >= 0.3 is 0 Å². The van der Waals surface area contributed by atoms with Crippen LogP contribution in [-0.2, 0) is 14.8 Å². The Morgan fingerprint density at radius 1 is 1.00 bits per heavy atom. The summed E-state index contributed by atoms with van der Waals surface area (Å²) < 4.78 is 32.3. The van der Waals surface area contributed by atoms with Crippen molar-refractivity contribution in [1.82, 2.24) is 9.21 Å². The minimum atomic E-state index is -3.50. The molecule has 1 heterocycles. The maximum atomic E-state index is 12.6. The second-order valence-corrected chi connectivity index (χ2v) is 8.45. The summed E-state index contributed by atoms with van der Waals surface area (Å²) in [5.41, 5.74) is 1.11. The fraction of sp³-hybridized carbons (Fsp3) is 0.350. The molecular weight excluding hydrogens is 364 g/mol. The SMILES string of the molecule is Cc1cccc(OCCC(=O)N2CCN(S(=O)(=O)c3ccccc3)CC2)c1. The number of ether oxygens (including phenoxy) is 1. The molecular formula is C20H24N2O4S. The van der Waals surface area contributed by atoms with E-state index in [9.17, 15) is 13.2 Å². The molecule has 27 heavy (non-hydrogen) atoms. The summed E-state index contributed by atoms with van der Waals surface area (Å²) in [6.07, 6.45) is 0.277. The molecule has 7 heteroatoms. The van der Waals surface area contributed by atoms with Crippen molar-refractivity contribution in [3.63, 3.8) is 0 Å². The number of benzene rings is 2. The lowest BCUT2D eigenvalue weighted by atomic mass is 10.2. The largest absolute Gasteiger partial charge is 0.493 e. The third kappa shape index (κ3) is 4.87. The number of rotatable bonds is 6. The molecule has 0 spiro atoms. The van der Waals surface area contributed by atoms with Gasteiger partial charge in [0.25, 0.3) is 0 Å². The first kappa shape index (κ1) is 19.4. The second-order valence-electron chi connectivity index (χ2n) is 6.51. The van der Waals surface area contributed by atoms with Crippen LogP contribution in [0.25, 0.3) is 0 Å². The number of aryl methyl sites for hydroxylation is 1. The second kappa shape index (κ2) is 8.54. The Bertz CT molecular complexity index is 876. The van der Waals surface area contributed by atoms with E-state index in [1.54, 1.807) is 35.2 Å². The van der Waals surface area contributed by atoms with Crippen LogP contribution in [0.3, 0.4) is 0 Å². The molecule has 0 bridgehead atoms. The fourth-order valence-corrected chi connectivity index (χ4v) is 4.48. The van der Waals surface area contributed by atoms with Crippen LogP contribution in [0.2, 0.25) is 0 Å². The third-order valence-electron chi connectivity index (χ3n) is 4.55. The van der Waals surface area contributed by atoms with Crippen LogP contribution in [0.1, 0.15) is 12.0 Å². The lowest BCUT2D eigenvalue weighted by molar-refractivity contribution is -0.132. The molecule has 1 amide bonds. The topological polar surface area (TPSA) is 66.9 Å². The van der Waals surface area contributed by atoms with E-state index < -0.39 is 10.0 Å². The van der Waals surface area contributed by atoms with Gasteiger partial charge in [0.2, 0.25) is 15.9 Å². The van der Waals surface area contributed by atoms with E-state index in [1.807, 2.05) is 31.2 Å². The van der Waals surface area contributed by atoms with E-state index in [-0.39, 0.29) is 17.2 Å². The van der Waals surface area contributed by atoms with Gasteiger partial charge in [0.05, 0.1) is 17.9 Å². The number of carbonyl (C=O) groups is 1. The number of piperazine rings is 1. The smallest absolute Gasteiger partial charge is 0.243 e. The lowest BCUT2D eigenvalue weighted by Gasteiger charge is -2.34. The van der Waals surface area contributed by atoms with Gasteiger partial charge in [0.1, 0.15) is 5.75 Å². The monoisotopic (exact) mass is 388 g/mol. The molecule has 1 fully saturated rings. The third-order valence-corrected chi connectivity index (χ3v) is 6.46. The Balaban J connectivity index is 1.48. The van der Waals surface area contributed by atoms with E-state index in [0.717, 1.165) is 11.3 Å². The van der Waals surface area contributed by atoms with Crippen LogP contribution in [0.5, 0.6) is 5.75 Å². The molecule has 0 radical (unpaired) electrons. The molecule has 0 atom stereocenters. The minimum Gasteiger partial charge on any atom is -0.493 e. The first-order valence-electron chi connectivity index (χ1n) is 8.99. The predicted octanol–water partition coefficient (Wildman–Crippen LogP) is 2.30. The maximum absolute atomic E-state index is 12.6.